The monoisotopic (exact) mass is 493 g/mol. The number of thiazole rings is 1. The first-order chi connectivity index (χ1) is 17.0. The molecule has 0 aromatic carbocycles. The molecule has 2 saturated heterocycles. The number of hydrogen-bond donors (Lipinski definition) is 3. The molecule has 2 aliphatic heterocycles. The molecular weight excluding hydrogens is 470 g/mol. The minimum absolute atomic E-state index is 0.0217. The number of rotatable bonds is 5. The van der Waals surface area contributed by atoms with Crippen molar-refractivity contribution in [2.75, 3.05) is 5.73 Å². The number of nitrogens with one attached hydrogen (secondary N) is 1. The zero-order chi connectivity index (χ0) is 24.3. The standard InChI is InChI=1S/C22H23N9O3S/c1-10(33)17-18(11-4-12-2-3-13(5-11)30(12)22(34)20-25-9-26-29-20)28-21-14(6-27-31(21)19(17)23)15-7-24-16(8-32)35-15/h6-7,9,11-13,32H,2-5,8,23H2,1H3,(H,25,26,29)/t11?,12-,13+. The molecule has 35 heavy (non-hydrogen) atoms. The highest BCUT2D eigenvalue weighted by molar-refractivity contribution is 7.15. The van der Waals surface area contributed by atoms with Gasteiger partial charge in [-0.05, 0) is 32.6 Å². The molecule has 3 atom stereocenters. The summed E-state index contributed by atoms with van der Waals surface area (Å²) in [7, 11) is 0. The van der Waals surface area contributed by atoms with Crippen LogP contribution in [0.4, 0.5) is 5.82 Å². The second-order valence-electron chi connectivity index (χ2n) is 8.98. The molecular formula is C22H23N9O3S. The van der Waals surface area contributed by atoms with Crippen molar-refractivity contribution in [2.45, 2.75) is 57.2 Å². The first kappa shape index (κ1) is 21.8. The fourth-order valence-electron chi connectivity index (χ4n) is 5.53. The summed E-state index contributed by atoms with van der Waals surface area (Å²) in [6.45, 7) is 1.34. The molecule has 6 rings (SSSR count). The molecule has 4 aromatic heterocycles. The third-order valence-electron chi connectivity index (χ3n) is 6.99. The molecule has 2 fully saturated rings. The number of aromatic amines is 1. The van der Waals surface area contributed by atoms with E-state index in [0.29, 0.717) is 34.8 Å². The van der Waals surface area contributed by atoms with Gasteiger partial charge < -0.3 is 15.7 Å². The Kier molecular flexibility index (Phi) is 5.11. The van der Waals surface area contributed by atoms with Crippen LogP contribution in [-0.2, 0) is 6.61 Å². The third-order valence-corrected chi connectivity index (χ3v) is 8.00. The number of hydrogen-bond acceptors (Lipinski definition) is 10. The van der Waals surface area contributed by atoms with Gasteiger partial charge in [-0.15, -0.1) is 11.3 Å². The van der Waals surface area contributed by atoms with Crippen LogP contribution >= 0.6 is 11.3 Å². The molecule has 0 radical (unpaired) electrons. The Balaban J connectivity index is 1.41. The first-order valence-electron chi connectivity index (χ1n) is 11.4. The third kappa shape index (κ3) is 3.41. The summed E-state index contributed by atoms with van der Waals surface area (Å²) in [5, 5.41) is 20.9. The van der Waals surface area contributed by atoms with Crippen LogP contribution in [0.25, 0.3) is 16.1 Å². The normalized spacial score (nSPS) is 21.7. The SMILES string of the molecule is CC(=O)c1c(C2C[C@H]3CC[C@@H](C2)N3C(=O)c2ncn[nH]2)nc2c(-c3cnc(CO)s3)cnn2c1N. The second kappa shape index (κ2) is 8.20. The zero-order valence-electron chi connectivity index (χ0n) is 18.9. The smallest absolute Gasteiger partial charge is 0.291 e. The van der Waals surface area contributed by atoms with E-state index in [2.05, 4.69) is 25.3 Å². The average Bonchev–Trinajstić information content (AvgIpc) is 3.64. The van der Waals surface area contributed by atoms with Gasteiger partial charge in [0.05, 0.1) is 34.5 Å². The van der Waals surface area contributed by atoms with Crippen LogP contribution in [0, 0.1) is 0 Å². The van der Waals surface area contributed by atoms with Gasteiger partial charge in [0.15, 0.2) is 11.4 Å². The minimum Gasteiger partial charge on any atom is -0.389 e. The van der Waals surface area contributed by atoms with Gasteiger partial charge >= 0.3 is 0 Å². The van der Waals surface area contributed by atoms with Gasteiger partial charge in [-0.3, -0.25) is 14.7 Å². The summed E-state index contributed by atoms with van der Waals surface area (Å²) < 4.78 is 1.49. The van der Waals surface area contributed by atoms with Gasteiger partial charge in [0, 0.05) is 24.2 Å². The number of amides is 1. The number of Topliss-reactive ketones (excluding diaryl/α,β-unsaturated/α-hetero) is 1. The molecule has 13 heteroatoms. The van der Waals surface area contributed by atoms with Crippen LogP contribution < -0.4 is 5.73 Å². The number of carbonyl (C=O) groups is 2. The number of piperidine rings is 1. The Bertz CT molecular complexity index is 1430. The molecule has 12 nitrogen and oxygen atoms in total. The van der Waals surface area contributed by atoms with Crippen molar-refractivity contribution in [1.82, 2.24) is 39.7 Å². The van der Waals surface area contributed by atoms with Crippen molar-refractivity contribution in [1.29, 1.82) is 0 Å². The van der Waals surface area contributed by atoms with E-state index in [9.17, 15) is 14.7 Å². The number of nitrogen functional groups attached to an aromatic ring is 1. The maximum Gasteiger partial charge on any atom is 0.291 e. The largest absolute Gasteiger partial charge is 0.389 e. The van der Waals surface area contributed by atoms with Crippen molar-refractivity contribution in [2.24, 2.45) is 0 Å². The zero-order valence-corrected chi connectivity index (χ0v) is 19.7. The van der Waals surface area contributed by atoms with Crippen LogP contribution in [0.3, 0.4) is 0 Å². The lowest BCUT2D eigenvalue weighted by atomic mass is 9.85. The molecule has 0 saturated carbocycles. The van der Waals surface area contributed by atoms with Crippen LogP contribution in [0.2, 0.25) is 0 Å². The molecule has 180 valence electrons. The van der Waals surface area contributed by atoms with Gasteiger partial charge in [0.1, 0.15) is 17.2 Å². The highest BCUT2D eigenvalue weighted by Crippen LogP contribution is 2.45. The lowest BCUT2D eigenvalue weighted by molar-refractivity contribution is 0.0556. The number of H-pyrrole nitrogens is 1. The molecule has 4 aromatic rings. The first-order valence-corrected chi connectivity index (χ1v) is 12.2. The summed E-state index contributed by atoms with van der Waals surface area (Å²) in [5.74, 6) is 0.144. The summed E-state index contributed by atoms with van der Waals surface area (Å²) in [5.41, 5.74) is 8.80. The Labute approximate surface area is 203 Å². The molecule has 0 aliphatic carbocycles. The van der Waals surface area contributed by atoms with Crippen LogP contribution in [0.15, 0.2) is 18.7 Å². The Morgan fingerprint density at radius 1 is 1.23 bits per heavy atom. The van der Waals surface area contributed by atoms with Crippen molar-refractivity contribution in [3.05, 3.63) is 40.8 Å². The van der Waals surface area contributed by atoms with Gasteiger partial charge in [0.2, 0.25) is 5.82 Å². The minimum atomic E-state index is -0.170. The van der Waals surface area contributed by atoms with E-state index in [0.717, 1.165) is 23.3 Å². The molecule has 2 aliphatic rings. The number of aromatic nitrogens is 7. The maximum absolute atomic E-state index is 13.0. The van der Waals surface area contributed by atoms with Crippen molar-refractivity contribution >= 4 is 34.5 Å². The summed E-state index contributed by atoms with van der Waals surface area (Å²) in [6, 6.07) is 0.0433. The number of fused-ring (bicyclic) bond motifs is 3. The molecule has 1 unspecified atom stereocenters. The summed E-state index contributed by atoms with van der Waals surface area (Å²) >= 11 is 1.36. The Hall–Kier alpha value is -3.71. The topological polar surface area (TPSA) is 168 Å². The summed E-state index contributed by atoms with van der Waals surface area (Å²) in [6.07, 6.45) is 7.79. The highest BCUT2D eigenvalue weighted by atomic mass is 32.1. The lowest BCUT2D eigenvalue weighted by Gasteiger charge is -2.38. The maximum atomic E-state index is 13.0. The fraction of sp³-hybridized carbons (Fsp3) is 0.409. The van der Waals surface area contributed by atoms with Crippen molar-refractivity contribution in [3.63, 3.8) is 0 Å². The van der Waals surface area contributed by atoms with Gasteiger partial charge in [0.25, 0.3) is 5.91 Å². The van der Waals surface area contributed by atoms with E-state index in [1.54, 1.807) is 12.4 Å². The Morgan fingerprint density at radius 3 is 2.63 bits per heavy atom. The van der Waals surface area contributed by atoms with Gasteiger partial charge in [-0.2, -0.15) is 14.7 Å². The van der Waals surface area contributed by atoms with Crippen molar-refractivity contribution < 1.29 is 14.7 Å². The number of nitrogens with two attached hydrogens (primary N) is 1. The predicted octanol–water partition coefficient (Wildman–Crippen LogP) is 1.80. The highest BCUT2D eigenvalue weighted by Gasteiger charge is 2.45. The molecule has 0 spiro atoms. The molecule has 2 bridgehead atoms. The Morgan fingerprint density at radius 2 is 2.00 bits per heavy atom. The van der Waals surface area contributed by atoms with E-state index < -0.39 is 0 Å². The number of anilines is 1. The van der Waals surface area contributed by atoms with Crippen LogP contribution in [0.1, 0.15) is 70.2 Å². The van der Waals surface area contributed by atoms with Gasteiger partial charge in [-0.1, -0.05) is 0 Å². The fourth-order valence-corrected chi connectivity index (χ4v) is 6.32. The average molecular weight is 494 g/mol. The number of aliphatic hydroxyl groups is 1. The summed E-state index contributed by atoms with van der Waals surface area (Å²) in [4.78, 5) is 41.7. The van der Waals surface area contributed by atoms with E-state index in [1.165, 1.54) is 29.1 Å². The van der Waals surface area contributed by atoms with E-state index in [-0.39, 0.29) is 47.9 Å². The predicted molar refractivity (Wildman–Crippen MR) is 126 cm³/mol. The molecule has 6 heterocycles. The van der Waals surface area contributed by atoms with Gasteiger partial charge in [-0.25, -0.2) is 15.0 Å². The number of carbonyl (C=O) groups excluding carboxylic acids is 2. The van der Waals surface area contributed by atoms with E-state index >= 15 is 0 Å². The van der Waals surface area contributed by atoms with E-state index in [1.807, 2.05) is 4.90 Å². The van der Waals surface area contributed by atoms with Crippen LogP contribution in [0.5, 0.6) is 0 Å². The number of aliphatic hydroxyl groups excluding tert-OH is 1. The van der Waals surface area contributed by atoms with Crippen molar-refractivity contribution in [3.8, 4) is 10.4 Å². The lowest BCUT2D eigenvalue weighted by Crippen LogP contribution is -2.46. The van der Waals surface area contributed by atoms with Crippen LogP contribution in [-0.4, -0.2) is 68.5 Å². The number of ketones is 1. The molecule has 1 amide bonds. The quantitative estimate of drug-likeness (QED) is 0.351. The number of nitrogens with zero attached hydrogens (tertiary/aromatic N) is 7. The molecule has 4 N–H and O–H groups in total. The second-order valence-corrected chi connectivity index (χ2v) is 10.1. The van der Waals surface area contributed by atoms with E-state index in [4.69, 9.17) is 10.7 Å².